The number of nitrogens with zero attached hydrogens (tertiary/aromatic N) is 1. The maximum atomic E-state index is 11.1. The van der Waals surface area contributed by atoms with Crippen LogP contribution in [-0.4, -0.2) is 67.0 Å². The van der Waals surface area contributed by atoms with E-state index >= 15 is 0 Å². The summed E-state index contributed by atoms with van der Waals surface area (Å²) >= 11 is -2.29. The quantitative estimate of drug-likeness (QED) is 0.459. The van der Waals surface area contributed by atoms with E-state index in [1.165, 1.54) is 7.05 Å². The topological polar surface area (TPSA) is 132 Å². The van der Waals surface area contributed by atoms with Gasteiger partial charge in [0.05, 0.1) is 13.0 Å². The van der Waals surface area contributed by atoms with E-state index in [4.69, 9.17) is 14.8 Å². The van der Waals surface area contributed by atoms with Gasteiger partial charge in [-0.15, -0.1) is 0 Å². The Balaban J connectivity index is 4.47. The molecule has 0 spiro atoms. The van der Waals surface area contributed by atoms with E-state index in [1.54, 1.807) is 0 Å². The molecule has 0 bridgehead atoms. The van der Waals surface area contributed by atoms with E-state index in [9.17, 15) is 18.6 Å². The van der Waals surface area contributed by atoms with Crippen molar-refractivity contribution in [2.24, 2.45) is 0 Å². The van der Waals surface area contributed by atoms with Crippen LogP contribution in [0.3, 0.4) is 0 Å². The first-order valence-corrected chi connectivity index (χ1v) is 5.75. The average molecular weight is 267 g/mol. The second-order valence-corrected chi connectivity index (χ2v) is 4.30. The van der Waals surface area contributed by atoms with E-state index in [0.717, 1.165) is 4.90 Å². The van der Waals surface area contributed by atoms with Gasteiger partial charge in [-0.1, -0.05) is 0 Å². The Hall–Kier alpha value is -1.32. The minimum absolute atomic E-state index is 0.392. The van der Waals surface area contributed by atoms with Gasteiger partial charge in [0, 0.05) is 0 Å². The number of hydrogen-bond acceptors (Lipinski definition) is 5. The van der Waals surface area contributed by atoms with Crippen molar-refractivity contribution in [3.63, 3.8) is 0 Å². The van der Waals surface area contributed by atoms with Gasteiger partial charge >= 0.3 is 11.9 Å². The fourth-order valence-electron chi connectivity index (χ4n) is 1.17. The van der Waals surface area contributed by atoms with Gasteiger partial charge in [-0.25, -0.2) is 4.21 Å². The molecule has 0 radical (unpaired) electrons. The summed E-state index contributed by atoms with van der Waals surface area (Å²) in [5.74, 6) is -3.91. The third kappa shape index (κ3) is 6.76. The van der Waals surface area contributed by atoms with Crippen molar-refractivity contribution in [3.8, 4) is 0 Å². The third-order valence-corrected chi connectivity index (χ3v) is 2.46. The lowest BCUT2D eigenvalue weighted by molar-refractivity contribution is -0.149. The van der Waals surface area contributed by atoms with Crippen molar-refractivity contribution in [2.75, 3.05) is 19.3 Å². The Morgan fingerprint density at radius 2 is 1.82 bits per heavy atom. The highest BCUT2D eigenvalue weighted by Crippen LogP contribution is 2.03. The number of carbonyl (C=O) groups excluding carboxylic acids is 1. The summed E-state index contributed by atoms with van der Waals surface area (Å²) in [5.41, 5.74) is 0. The van der Waals surface area contributed by atoms with E-state index in [2.05, 4.69) is 0 Å². The summed E-state index contributed by atoms with van der Waals surface area (Å²) in [7, 11) is 1.26. The Bertz CT molecular complexity index is 343. The van der Waals surface area contributed by atoms with Crippen molar-refractivity contribution >= 4 is 28.8 Å². The molecule has 0 aliphatic heterocycles. The van der Waals surface area contributed by atoms with Gasteiger partial charge in [-0.3, -0.25) is 19.3 Å². The Morgan fingerprint density at radius 1 is 1.29 bits per heavy atom. The highest BCUT2D eigenvalue weighted by Gasteiger charge is 2.26. The van der Waals surface area contributed by atoms with Gasteiger partial charge in [0.1, 0.15) is 11.8 Å². The molecule has 98 valence electrons. The molecule has 0 aromatic heterocycles. The largest absolute Gasteiger partial charge is 0.481 e. The zero-order chi connectivity index (χ0) is 13.6. The van der Waals surface area contributed by atoms with Crippen molar-refractivity contribution in [3.05, 3.63) is 0 Å². The van der Waals surface area contributed by atoms with E-state index in [-0.39, 0.29) is 0 Å². The number of aliphatic carboxylic acids is 2. The number of carboxylic acid groups (broad SMARTS) is 2. The molecule has 0 saturated heterocycles. The predicted molar refractivity (Wildman–Crippen MR) is 57.0 cm³/mol. The van der Waals surface area contributed by atoms with Gasteiger partial charge < -0.3 is 14.8 Å². The molecule has 17 heavy (non-hydrogen) atoms. The van der Waals surface area contributed by atoms with Crippen LogP contribution in [0.25, 0.3) is 0 Å². The molecule has 9 heteroatoms. The summed E-state index contributed by atoms with van der Waals surface area (Å²) in [4.78, 5) is 33.3. The summed E-state index contributed by atoms with van der Waals surface area (Å²) in [6.45, 7) is -0.392. The normalized spacial score (nSPS) is 14.3. The van der Waals surface area contributed by atoms with E-state index in [1.807, 2.05) is 0 Å². The van der Waals surface area contributed by atoms with Crippen molar-refractivity contribution in [1.82, 2.24) is 4.90 Å². The fraction of sp³-hybridized carbons (Fsp3) is 0.625. The standard InChI is InChI=1S/C8H13NO7S/c1-9(3-5(10)4-17(15)16)6(8(13)14)2-7(11)12/h6H,2-4H2,1H3,(H,11,12)(H,13,14)(H,15,16). The molecular weight excluding hydrogens is 254 g/mol. The third-order valence-electron chi connectivity index (χ3n) is 1.90. The first-order chi connectivity index (χ1) is 7.73. The van der Waals surface area contributed by atoms with Gasteiger partial charge in [-0.05, 0) is 7.05 Å². The summed E-state index contributed by atoms with van der Waals surface area (Å²) in [6, 6.07) is -1.34. The molecule has 3 N–H and O–H groups in total. The smallest absolute Gasteiger partial charge is 0.321 e. The molecule has 2 unspecified atom stereocenters. The molecule has 0 aliphatic rings. The fourth-order valence-corrected chi connectivity index (χ4v) is 1.54. The second kappa shape index (κ2) is 7.09. The molecule has 2 atom stereocenters. The van der Waals surface area contributed by atoms with E-state index in [0.29, 0.717) is 0 Å². The maximum absolute atomic E-state index is 11.1. The first-order valence-electron chi connectivity index (χ1n) is 4.48. The molecule has 0 aliphatic carbocycles. The van der Waals surface area contributed by atoms with Gasteiger partial charge in [0.2, 0.25) is 0 Å². The van der Waals surface area contributed by atoms with Gasteiger partial charge in [0.15, 0.2) is 16.9 Å². The molecule has 0 aromatic carbocycles. The minimum atomic E-state index is -2.29. The number of ketones is 1. The number of carboxylic acids is 2. The Labute approximate surface area is 99.5 Å². The van der Waals surface area contributed by atoms with Crippen LogP contribution in [0, 0.1) is 0 Å². The van der Waals surface area contributed by atoms with Gasteiger partial charge in [-0.2, -0.15) is 0 Å². The van der Waals surface area contributed by atoms with Crippen molar-refractivity contribution in [2.45, 2.75) is 12.5 Å². The van der Waals surface area contributed by atoms with Crippen LogP contribution in [0.15, 0.2) is 0 Å². The van der Waals surface area contributed by atoms with Crippen LogP contribution in [-0.2, 0) is 25.5 Å². The number of Topliss-reactive ketones (excluding diaryl/α,β-unsaturated/α-hetero) is 1. The molecule has 0 saturated carbocycles. The van der Waals surface area contributed by atoms with Crippen LogP contribution in [0.5, 0.6) is 0 Å². The molecule has 0 aromatic rings. The molecule has 0 fully saturated rings. The Kier molecular flexibility index (Phi) is 6.54. The lowest BCUT2D eigenvalue weighted by Crippen LogP contribution is -2.43. The predicted octanol–water partition coefficient (Wildman–Crippen LogP) is -1.36. The highest BCUT2D eigenvalue weighted by molar-refractivity contribution is 7.80. The zero-order valence-electron chi connectivity index (χ0n) is 9.03. The van der Waals surface area contributed by atoms with E-state index < -0.39 is 53.6 Å². The van der Waals surface area contributed by atoms with Crippen LogP contribution in [0.4, 0.5) is 0 Å². The number of hydrogen-bond donors (Lipinski definition) is 3. The van der Waals surface area contributed by atoms with Crippen LogP contribution >= 0.6 is 0 Å². The maximum Gasteiger partial charge on any atom is 0.321 e. The lowest BCUT2D eigenvalue weighted by Gasteiger charge is -2.22. The minimum Gasteiger partial charge on any atom is -0.481 e. The Morgan fingerprint density at radius 3 is 2.18 bits per heavy atom. The number of carbonyl (C=O) groups is 3. The summed E-state index contributed by atoms with van der Waals surface area (Å²) in [6.07, 6.45) is -0.651. The summed E-state index contributed by atoms with van der Waals surface area (Å²) in [5, 5.41) is 17.3. The molecule has 0 rings (SSSR count). The summed E-state index contributed by atoms with van der Waals surface area (Å²) < 4.78 is 18.8. The van der Waals surface area contributed by atoms with Gasteiger partial charge in [0.25, 0.3) is 0 Å². The van der Waals surface area contributed by atoms with Crippen molar-refractivity contribution in [1.29, 1.82) is 0 Å². The second-order valence-electron chi connectivity index (χ2n) is 3.37. The molecular formula is C8H13NO7S. The lowest BCUT2D eigenvalue weighted by atomic mass is 10.2. The zero-order valence-corrected chi connectivity index (χ0v) is 9.85. The number of likely N-dealkylation sites (N-methyl/N-ethyl adjacent to an activating group) is 1. The first kappa shape index (κ1) is 15.7. The molecule has 0 heterocycles. The molecule has 0 amide bonds. The van der Waals surface area contributed by atoms with Crippen LogP contribution in [0.1, 0.15) is 6.42 Å². The average Bonchev–Trinajstić information content (AvgIpc) is 2.11. The highest BCUT2D eigenvalue weighted by atomic mass is 32.2. The monoisotopic (exact) mass is 267 g/mol. The van der Waals surface area contributed by atoms with Crippen LogP contribution < -0.4 is 0 Å². The molecule has 8 nitrogen and oxygen atoms in total. The van der Waals surface area contributed by atoms with Crippen molar-refractivity contribution < 1.29 is 33.4 Å². The SMILES string of the molecule is CN(CC(=O)CS(=O)O)C(CC(=O)O)C(=O)O. The van der Waals surface area contributed by atoms with Crippen LogP contribution in [0.2, 0.25) is 0 Å². The number of rotatable bonds is 8.